The Labute approximate surface area is 115 Å². The maximum atomic E-state index is 12.6. The van der Waals surface area contributed by atoms with E-state index in [0.29, 0.717) is 10.6 Å². The second kappa shape index (κ2) is 5.51. The molecular formula is C14H22N2O2S. The van der Waals surface area contributed by atoms with Gasteiger partial charge in [0.15, 0.2) is 0 Å². The van der Waals surface area contributed by atoms with Gasteiger partial charge in [-0.3, -0.25) is 0 Å². The fourth-order valence-corrected chi connectivity index (χ4v) is 4.12. The van der Waals surface area contributed by atoms with E-state index in [-0.39, 0.29) is 6.04 Å². The molecule has 0 aromatic heterocycles. The predicted octanol–water partition coefficient (Wildman–Crippen LogP) is 2.53. The van der Waals surface area contributed by atoms with E-state index >= 15 is 0 Å². The van der Waals surface area contributed by atoms with Crippen molar-refractivity contribution in [2.75, 3.05) is 12.8 Å². The van der Waals surface area contributed by atoms with Crippen molar-refractivity contribution >= 4 is 15.7 Å². The topological polar surface area (TPSA) is 63.4 Å². The van der Waals surface area contributed by atoms with Crippen LogP contribution in [0.3, 0.4) is 0 Å². The molecule has 1 aliphatic rings. The van der Waals surface area contributed by atoms with Gasteiger partial charge in [-0.1, -0.05) is 19.3 Å². The summed E-state index contributed by atoms with van der Waals surface area (Å²) >= 11 is 0. The predicted molar refractivity (Wildman–Crippen MR) is 77.4 cm³/mol. The number of sulfonamides is 1. The maximum Gasteiger partial charge on any atom is 0.243 e. The Balaban J connectivity index is 2.27. The molecule has 0 unspecified atom stereocenters. The lowest BCUT2D eigenvalue weighted by Crippen LogP contribution is -2.38. The fraction of sp³-hybridized carbons (Fsp3) is 0.571. The molecule has 2 rings (SSSR count). The van der Waals surface area contributed by atoms with E-state index in [1.807, 2.05) is 6.92 Å². The van der Waals surface area contributed by atoms with Gasteiger partial charge < -0.3 is 5.73 Å². The highest BCUT2D eigenvalue weighted by atomic mass is 32.2. The second-order valence-corrected chi connectivity index (χ2v) is 7.33. The third kappa shape index (κ3) is 2.92. The number of nitrogens with zero attached hydrogens (tertiary/aromatic N) is 1. The van der Waals surface area contributed by atoms with Crippen molar-refractivity contribution in [3.05, 3.63) is 23.8 Å². The average Bonchev–Trinajstić information content (AvgIpc) is 2.41. The van der Waals surface area contributed by atoms with Crippen molar-refractivity contribution < 1.29 is 8.42 Å². The molecule has 0 spiro atoms. The molecule has 0 atom stereocenters. The van der Waals surface area contributed by atoms with Crippen LogP contribution in [0.1, 0.15) is 37.7 Å². The van der Waals surface area contributed by atoms with Gasteiger partial charge in [-0.25, -0.2) is 8.42 Å². The van der Waals surface area contributed by atoms with Gasteiger partial charge in [-0.2, -0.15) is 4.31 Å². The van der Waals surface area contributed by atoms with Crippen LogP contribution < -0.4 is 5.73 Å². The summed E-state index contributed by atoms with van der Waals surface area (Å²) in [5.41, 5.74) is 7.17. The monoisotopic (exact) mass is 282 g/mol. The van der Waals surface area contributed by atoms with Gasteiger partial charge in [0.25, 0.3) is 0 Å². The normalized spacial score (nSPS) is 17.8. The highest BCUT2D eigenvalue weighted by molar-refractivity contribution is 7.89. The van der Waals surface area contributed by atoms with Gasteiger partial charge in [-0.15, -0.1) is 0 Å². The molecule has 0 amide bonds. The van der Waals surface area contributed by atoms with Gasteiger partial charge in [0.2, 0.25) is 10.0 Å². The zero-order valence-electron chi connectivity index (χ0n) is 11.6. The van der Waals surface area contributed by atoms with E-state index in [1.54, 1.807) is 25.2 Å². The van der Waals surface area contributed by atoms with Gasteiger partial charge >= 0.3 is 0 Å². The zero-order chi connectivity index (χ0) is 14.0. The van der Waals surface area contributed by atoms with Crippen LogP contribution in [-0.2, 0) is 10.0 Å². The largest absolute Gasteiger partial charge is 0.399 e. The van der Waals surface area contributed by atoms with Crippen LogP contribution in [0.2, 0.25) is 0 Å². The first-order valence-electron chi connectivity index (χ1n) is 6.77. The molecule has 1 aromatic rings. The quantitative estimate of drug-likeness (QED) is 0.866. The third-order valence-corrected chi connectivity index (χ3v) is 5.91. The van der Waals surface area contributed by atoms with Crippen molar-refractivity contribution in [1.82, 2.24) is 4.31 Å². The number of hydrogen-bond donors (Lipinski definition) is 1. The van der Waals surface area contributed by atoms with E-state index in [2.05, 4.69) is 0 Å². The molecule has 0 heterocycles. The Hall–Kier alpha value is -1.07. The Morgan fingerprint density at radius 3 is 2.42 bits per heavy atom. The minimum atomic E-state index is -3.40. The average molecular weight is 282 g/mol. The summed E-state index contributed by atoms with van der Waals surface area (Å²) in [5, 5.41) is 0. The first-order valence-corrected chi connectivity index (χ1v) is 8.21. The lowest BCUT2D eigenvalue weighted by atomic mass is 9.96. The fourth-order valence-electron chi connectivity index (χ4n) is 2.62. The van der Waals surface area contributed by atoms with Crippen LogP contribution in [0.25, 0.3) is 0 Å². The van der Waals surface area contributed by atoms with Crippen LogP contribution in [0.4, 0.5) is 5.69 Å². The van der Waals surface area contributed by atoms with Crippen molar-refractivity contribution in [1.29, 1.82) is 0 Å². The van der Waals surface area contributed by atoms with Crippen molar-refractivity contribution in [2.24, 2.45) is 0 Å². The van der Waals surface area contributed by atoms with Crippen molar-refractivity contribution in [2.45, 2.75) is 50.0 Å². The minimum Gasteiger partial charge on any atom is -0.399 e. The van der Waals surface area contributed by atoms with E-state index < -0.39 is 10.0 Å². The highest BCUT2D eigenvalue weighted by Crippen LogP contribution is 2.27. The summed E-state index contributed by atoms with van der Waals surface area (Å²) in [5.74, 6) is 0. The lowest BCUT2D eigenvalue weighted by molar-refractivity contribution is 0.286. The van der Waals surface area contributed by atoms with Crippen molar-refractivity contribution in [3.63, 3.8) is 0 Å². The summed E-state index contributed by atoms with van der Waals surface area (Å²) in [6.07, 6.45) is 5.37. The minimum absolute atomic E-state index is 0.136. The number of anilines is 1. The maximum absolute atomic E-state index is 12.6. The molecule has 19 heavy (non-hydrogen) atoms. The summed E-state index contributed by atoms with van der Waals surface area (Å²) in [7, 11) is -1.71. The van der Waals surface area contributed by atoms with E-state index in [0.717, 1.165) is 31.2 Å². The van der Waals surface area contributed by atoms with Crippen LogP contribution in [0, 0.1) is 6.92 Å². The van der Waals surface area contributed by atoms with E-state index in [9.17, 15) is 8.42 Å². The number of rotatable bonds is 3. The number of hydrogen-bond acceptors (Lipinski definition) is 3. The zero-order valence-corrected chi connectivity index (χ0v) is 12.4. The highest BCUT2D eigenvalue weighted by Gasteiger charge is 2.29. The van der Waals surface area contributed by atoms with Gasteiger partial charge in [0, 0.05) is 18.8 Å². The Morgan fingerprint density at radius 2 is 1.84 bits per heavy atom. The third-order valence-electron chi connectivity index (χ3n) is 4.01. The summed E-state index contributed by atoms with van der Waals surface area (Å²) in [6, 6.07) is 5.05. The van der Waals surface area contributed by atoms with E-state index in [1.165, 1.54) is 10.7 Å². The molecule has 1 saturated carbocycles. The number of nitrogens with two attached hydrogens (primary N) is 1. The van der Waals surface area contributed by atoms with Gasteiger partial charge in [0.1, 0.15) is 0 Å². The summed E-state index contributed by atoms with van der Waals surface area (Å²) in [4.78, 5) is 0.340. The first-order chi connectivity index (χ1) is 8.93. The molecular weight excluding hydrogens is 260 g/mol. The molecule has 0 radical (unpaired) electrons. The number of aryl methyl sites for hydroxylation is 1. The smallest absolute Gasteiger partial charge is 0.243 e. The van der Waals surface area contributed by atoms with Gasteiger partial charge in [0.05, 0.1) is 4.90 Å². The Morgan fingerprint density at radius 1 is 1.21 bits per heavy atom. The molecule has 1 aromatic carbocycles. The SMILES string of the molecule is Cc1cc(S(=O)(=O)N(C)C2CCCCC2)ccc1N. The molecule has 5 heteroatoms. The van der Waals surface area contributed by atoms with Crippen LogP contribution >= 0.6 is 0 Å². The van der Waals surface area contributed by atoms with Gasteiger partial charge in [-0.05, 0) is 43.5 Å². The molecule has 0 bridgehead atoms. The van der Waals surface area contributed by atoms with E-state index in [4.69, 9.17) is 5.73 Å². The molecule has 1 fully saturated rings. The van der Waals surface area contributed by atoms with Crippen LogP contribution in [-0.4, -0.2) is 25.8 Å². The summed E-state index contributed by atoms with van der Waals surface area (Å²) < 4.78 is 26.7. The Kier molecular flexibility index (Phi) is 4.16. The van der Waals surface area contributed by atoms with Crippen LogP contribution in [0.5, 0.6) is 0 Å². The molecule has 4 nitrogen and oxygen atoms in total. The summed E-state index contributed by atoms with van der Waals surface area (Å²) in [6.45, 7) is 1.83. The molecule has 1 aliphatic carbocycles. The first kappa shape index (κ1) is 14.3. The molecule has 0 saturated heterocycles. The number of nitrogen functional groups attached to an aromatic ring is 1. The lowest BCUT2D eigenvalue weighted by Gasteiger charge is -2.30. The van der Waals surface area contributed by atoms with Crippen molar-refractivity contribution in [3.8, 4) is 0 Å². The standard InChI is InChI=1S/C14H22N2O2S/c1-11-10-13(8-9-14(11)15)19(17,18)16(2)12-6-4-3-5-7-12/h8-10,12H,3-7,15H2,1-2H3. The molecule has 2 N–H and O–H groups in total. The Bertz CT molecular complexity index is 549. The molecule has 106 valence electrons. The second-order valence-electron chi connectivity index (χ2n) is 5.33. The molecule has 0 aliphatic heterocycles. The number of benzene rings is 1. The van der Waals surface area contributed by atoms with Crippen LogP contribution in [0.15, 0.2) is 23.1 Å².